The van der Waals surface area contributed by atoms with Gasteiger partial charge in [0.2, 0.25) is 0 Å². The van der Waals surface area contributed by atoms with E-state index in [1.807, 2.05) is 45.0 Å². The number of ether oxygens (including phenoxy) is 2. The van der Waals surface area contributed by atoms with Gasteiger partial charge in [-0.15, -0.1) is 0 Å². The topological polar surface area (TPSA) is 67.9 Å². The normalized spacial score (nSPS) is 28.9. The van der Waals surface area contributed by atoms with Gasteiger partial charge in [-0.3, -0.25) is 4.79 Å². The molecule has 0 aromatic heterocycles. The van der Waals surface area contributed by atoms with Crippen molar-refractivity contribution in [2.75, 3.05) is 26.8 Å². The van der Waals surface area contributed by atoms with E-state index in [1.165, 1.54) is 7.11 Å². The van der Waals surface area contributed by atoms with E-state index in [4.69, 9.17) is 9.47 Å². The molecule has 3 rings (SSSR count). The van der Waals surface area contributed by atoms with Gasteiger partial charge >= 0.3 is 12.0 Å². The number of amides is 2. The van der Waals surface area contributed by atoms with E-state index in [1.54, 1.807) is 4.90 Å². The highest BCUT2D eigenvalue weighted by atomic mass is 16.5. The Hall–Kier alpha value is -2.24. The van der Waals surface area contributed by atoms with Crippen LogP contribution >= 0.6 is 0 Å². The molecule has 2 aliphatic rings. The molecule has 0 bridgehead atoms. The Kier molecular flexibility index (Phi) is 4.62. The molecule has 0 spiro atoms. The first-order chi connectivity index (χ1) is 11.9. The first-order valence-electron chi connectivity index (χ1n) is 8.72. The number of benzene rings is 1. The lowest BCUT2D eigenvalue weighted by Gasteiger charge is -2.26. The highest BCUT2D eigenvalue weighted by Crippen LogP contribution is 2.38. The van der Waals surface area contributed by atoms with E-state index >= 15 is 0 Å². The summed E-state index contributed by atoms with van der Waals surface area (Å²) in [5.74, 6) is 0.812. The monoisotopic (exact) mass is 346 g/mol. The zero-order chi connectivity index (χ0) is 18.2. The number of hydrogen-bond acceptors (Lipinski definition) is 4. The molecule has 1 aromatic rings. The van der Waals surface area contributed by atoms with Crippen molar-refractivity contribution in [3.05, 3.63) is 29.8 Å². The number of hydrogen-bond donors (Lipinski definition) is 1. The third kappa shape index (κ3) is 3.05. The van der Waals surface area contributed by atoms with E-state index in [0.717, 1.165) is 11.3 Å². The van der Waals surface area contributed by atoms with Gasteiger partial charge in [-0.2, -0.15) is 0 Å². The predicted molar refractivity (Wildman–Crippen MR) is 93.5 cm³/mol. The van der Waals surface area contributed by atoms with Gasteiger partial charge in [0.25, 0.3) is 0 Å². The SMILES string of the molecule is COC(=O)[C@]1(C)CN(C(=O)NC(C)C2COc3ccccc32)C[C@H]1C. The van der Waals surface area contributed by atoms with Crippen LogP contribution in [0.2, 0.25) is 0 Å². The third-order valence-corrected chi connectivity index (χ3v) is 5.73. The number of likely N-dealkylation sites (tertiary alicyclic amines) is 1. The third-order valence-electron chi connectivity index (χ3n) is 5.73. The molecule has 136 valence electrons. The number of rotatable bonds is 3. The average Bonchev–Trinajstić information content (AvgIpc) is 3.16. The maximum absolute atomic E-state index is 12.7. The fourth-order valence-electron chi connectivity index (χ4n) is 3.79. The summed E-state index contributed by atoms with van der Waals surface area (Å²) in [6.07, 6.45) is 0. The summed E-state index contributed by atoms with van der Waals surface area (Å²) >= 11 is 0. The minimum Gasteiger partial charge on any atom is -0.493 e. The van der Waals surface area contributed by atoms with Crippen molar-refractivity contribution in [3.8, 4) is 5.75 Å². The molecule has 0 saturated carbocycles. The van der Waals surface area contributed by atoms with Crippen molar-refractivity contribution in [2.45, 2.75) is 32.7 Å². The van der Waals surface area contributed by atoms with Crippen LogP contribution in [0.4, 0.5) is 4.79 Å². The van der Waals surface area contributed by atoms with Crippen LogP contribution in [0.1, 0.15) is 32.3 Å². The number of nitrogens with zero attached hydrogens (tertiary/aromatic N) is 1. The Balaban J connectivity index is 1.65. The van der Waals surface area contributed by atoms with Crippen molar-refractivity contribution in [1.82, 2.24) is 10.2 Å². The minimum absolute atomic E-state index is 0.0524. The van der Waals surface area contributed by atoms with Gasteiger partial charge in [0.15, 0.2) is 0 Å². The summed E-state index contributed by atoms with van der Waals surface area (Å²) in [7, 11) is 1.39. The lowest BCUT2D eigenvalue weighted by atomic mass is 9.81. The van der Waals surface area contributed by atoms with E-state index in [2.05, 4.69) is 5.32 Å². The smallest absolute Gasteiger partial charge is 0.317 e. The first-order valence-corrected chi connectivity index (χ1v) is 8.72. The molecule has 4 atom stereocenters. The van der Waals surface area contributed by atoms with Crippen molar-refractivity contribution >= 4 is 12.0 Å². The maximum Gasteiger partial charge on any atom is 0.317 e. The van der Waals surface area contributed by atoms with Gasteiger partial charge in [-0.1, -0.05) is 25.1 Å². The quantitative estimate of drug-likeness (QED) is 0.854. The Labute approximate surface area is 148 Å². The number of fused-ring (bicyclic) bond motifs is 1. The van der Waals surface area contributed by atoms with Crippen molar-refractivity contribution < 1.29 is 19.1 Å². The highest BCUT2D eigenvalue weighted by molar-refractivity contribution is 5.81. The second-order valence-corrected chi connectivity index (χ2v) is 7.38. The molecule has 2 aliphatic heterocycles. The molecule has 6 nitrogen and oxygen atoms in total. The second-order valence-electron chi connectivity index (χ2n) is 7.38. The molecular weight excluding hydrogens is 320 g/mol. The number of nitrogens with one attached hydrogen (secondary N) is 1. The van der Waals surface area contributed by atoms with Crippen LogP contribution in [-0.4, -0.2) is 49.7 Å². The fourth-order valence-corrected chi connectivity index (χ4v) is 3.79. The number of methoxy groups -OCH3 is 1. The summed E-state index contributed by atoms with van der Waals surface area (Å²) in [6, 6.07) is 7.73. The summed E-state index contributed by atoms with van der Waals surface area (Å²) < 4.78 is 10.6. The molecular formula is C19H26N2O4. The van der Waals surface area contributed by atoms with E-state index in [-0.39, 0.29) is 29.9 Å². The summed E-state index contributed by atoms with van der Waals surface area (Å²) in [5.41, 5.74) is 0.475. The molecule has 1 aromatic carbocycles. The number of urea groups is 1. The number of carbonyl (C=O) groups is 2. The molecule has 25 heavy (non-hydrogen) atoms. The van der Waals surface area contributed by atoms with E-state index in [0.29, 0.717) is 19.7 Å². The Bertz CT molecular complexity index is 677. The Morgan fingerprint density at radius 1 is 1.40 bits per heavy atom. The van der Waals surface area contributed by atoms with Crippen LogP contribution in [-0.2, 0) is 9.53 Å². The van der Waals surface area contributed by atoms with E-state index in [9.17, 15) is 9.59 Å². The van der Waals surface area contributed by atoms with Gasteiger partial charge in [0, 0.05) is 30.6 Å². The van der Waals surface area contributed by atoms with Crippen molar-refractivity contribution in [2.24, 2.45) is 11.3 Å². The van der Waals surface area contributed by atoms with Gasteiger partial charge in [0.1, 0.15) is 5.75 Å². The van der Waals surface area contributed by atoms with Gasteiger partial charge in [-0.05, 0) is 25.8 Å². The molecule has 1 N–H and O–H groups in total. The highest BCUT2D eigenvalue weighted by Gasteiger charge is 2.48. The van der Waals surface area contributed by atoms with Crippen LogP contribution < -0.4 is 10.1 Å². The average molecular weight is 346 g/mol. The summed E-state index contributed by atoms with van der Waals surface area (Å²) in [6.45, 7) is 7.32. The van der Waals surface area contributed by atoms with Crippen LogP contribution in [0.5, 0.6) is 5.75 Å². The Morgan fingerprint density at radius 3 is 2.84 bits per heavy atom. The van der Waals surface area contributed by atoms with Crippen molar-refractivity contribution in [1.29, 1.82) is 0 Å². The molecule has 2 heterocycles. The number of para-hydroxylation sites is 1. The first kappa shape index (κ1) is 17.6. The lowest BCUT2D eigenvalue weighted by molar-refractivity contribution is -0.152. The van der Waals surface area contributed by atoms with Crippen LogP contribution in [0.3, 0.4) is 0 Å². The predicted octanol–water partition coefficient (Wildman–Crippen LogP) is 2.39. The second kappa shape index (κ2) is 6.58. The van der Waals surface area contributed by atoms with Gasteiger partial charge < -0.3 is 19.7 Å². The molecule has 0 radical (unpaired) electrons. The van der Waals surface area contributed by atoms with Crippen LogP contribution in [0.15, 0.2) is 24.3 Å². The minimum atomic E-state index is -0.654. The zero-order valence-electron chi connectivity index (χ0n) is 15.2. The van der Waals surface area contributed by atoms with Crippen LogP contribution in [0, 0.1) is 11.3 Å². The lowest BCUT2D eigenvalue weighted by Crippen LogP contribution is -2.46. The fraction of sp³-hybridized carbons (Fsp3) is 0.579. The largest absolute Gasteiger partial charge is 0.493 e. The molecule has 1 fully saturated rings. The molecule has 2 unspecified atom stereocenters. The standard InChI is InChI=1S/C19H26N2O4/c1-12-9-21(11-19(12,3)17(22)24-4)18(23)20-13(2)15-10-25-16-8-6-5-7-14(15)16/h5-8,12-13,15H,9-11H2,1-4H3,(H,20,23)/t12-,13?,15?,19-/m1/s1. The van der Waals surface area contributed by atoms with Gasteiger partial charge in [0.05, 0.1) is 19.1 Å². The number of carbonyl (C=O) groups excluding carboxylic acids is 2. The maximum atomic E-state index is 12.7. The molecule has 6 heteroatoms. The zero-order valence-corrected chi connectivity index (χ0v) is 15.2. The van der Waals surface area contributed by atoms with Crippen LogP contribution in [0.25, 0.3) is 0 Å². The summed E-state index contributed by atoms with van der Waals surface area (Å²) in [4.78, 5) is 26.5. The summed E-state index contributed by atoms with van der Waals surface area (Å²) in [5, 5.41) is 3.07. The van der Waals surface area contributed by atoms with Gasteiger partial charge in [-0.25, -0.2) is 4.79 Å². The molecule has 1 saturated heterocycles. The molecule has 2 amide bonds. The Morgan fingerprint density at radius 2 is 2.12 bits per heavy atom. The molecule has 0 aliphatic carbocycles. The van der Waals surface area contributed by atoms with Crippen molar-refractivity contribution in [3.63, 3.8) is 0 Å². The van der Waals surface area contributed by atoms with E-state index < -0.39 is 5.41 Å². The number of esters is 1.